The van der Waals surface area contributed by atoms with Crippen LogP contribution in [0.5, 0.6) is 5.75 Å². The zero-order valence-corrected chi connectivity index (χ0v) is 11.0. The normalized spacial score (nSPS) is 10.5. The lowest BCUT2D eigenvalue weighted by molar-refractivity contribution is -0.116. The van der Waals surface area contributed by atoms with E-state index in [0.717, 1.165) is 22.3 Å². The van der Waals surface area contributed by atoms with Crippen LogP contribution in [-0.4, -0.2) is 10.9 Å². The first-order valence-electron chi connectivity index (χ1n) is 4.82. The van der Waals surface area contributed by atoms with Gasteiger partial charge in [0.15, 0.2) is 0 Å². The van der Waals surface area contributed by atoms with E-state index in [0.29, 0.717) is 10.9 Å². The number of aromatic hydroxyl groups is 1. The van der Waals surface area contributed by atoms with Crippen molar-refractivity contribution in [2.24, 2.45) is 0 Å². The van der Waals surface area contributed by atoms with E-state index < -0.39 is 0 Å². The van der Waals surface area contributed by atoms with Crippen LogP contribution in [-0.2, 0) is 11.2 Å². The highest BCUT2D eigenvalue weighted by atomic mass is 79.9. The Balaban J connectivity index is 3.45. The van der Waals surface area contributed by atoms with Gasteiger partial charge in [0.05, 0.1) is 4.47 Å². The van der Waals surface area contributed by atoms with Crippen LogP contribution in [0, 0.1) is 20.8 Å². The summed E-state index contributed by atoms with van der Waals surface area (Å²) in [6.07, 6.45) is 0.428. The molecular weight excluding hydrogens is 256 g/mol. The molecule has 0 unspecified atom stereocenters. The number of halogens is 1. The lowest BCUT2D eigenvalue weighted by Crippen LogP contribution is -2.04. The molecule has 2 nitrogen and oxygen atoms in total. The van der Waals surface area contributed by atoms with Crippen molar-refractivity contribution in [3.05, 3.63) is 26.7 Å². The summed E-state index contributed by atoms with van der Waals surface area (Å²) in [4.78, 5) is 11.1. The Morgan fingerprint density at radius 1 is 1.20 bits per heavy atom. The summed E-state index contributed by atoms with van der Waals surface area (Å²) in [7, 11) is 0. The highest BCUT2D eigenvalue weighted by Crippen LogP contribution is 2.36. The summed E-state index contributed by atoms with van der Waals surface area (Å²) in [6, 6.07) is 0. The van der Waals surface area contributed by atoms with E-state index in [1.807, 2.05) is 20.8 Å². The van der Waals surface area contributed by atoms with Gasteiger partial charge in [-0.2, -0.15) is 0 Å². The standard InChI is InChI=1S/C12H15BrO2/c1-6(14)5-10-7(2)8(3)12(15)11(13)9(10)4/h15H,5H2,1-4H3. The van der Waals surface area contributed by atoms with Crippen LogP contribution in [0.2, 0.25) is 0 Å². The van der Waals surface area contributed by atoms with Crippen LogP contribution in [0.3, 0.4) is 0 Å². The first-order valence-corrected chi connectivity index (χ1v) is 5.62. The summed E-state index contributed by atoms with van der Waals surface area (Å²) in [6.45, 7) is 7.29. The van der Waals surface area contributed by atoms with Crippen molar-refractivity contribution >= 4 is 21.7 Å². The SMILES string of the molecule is CC(=O)Cc1c(C)c(C)c(O)c(Br)c1C. The Hall–Kier alpha value is -0.830. The number of ketones is 1. The summed E-state index contributed by atoms with van der Waals surface area (Å²) >= 11 is 3.34. The molecule has 0 aromatic heterocycles. The number of phenols is 1. The van der Waals surface area contributed by atoms with Gasteiger partial charge in [-0.1, -0.05) is 0 Å². The van der Waals surface area contributed by atoms with E-state index in [4.69, 9.17) is 0 Å². The van der Waals surface area contributed by atoms with E-state index in [1.54, 1.807) is 6.92 Å². The van der Waals surface area contributed by atoms with E-state index in [2.05, 4.69) is 15.9 Å². The van der Waals surface area contributed by atoms with Crippen molar-refractivity contribution in [3.63, 3.8) is 0 Å². The molecule has 0 aliphatic heterocycles. The van der Waals surface area contributed by atoms with Gasteiger partial charge in [-0.25, -0.2) is 0 Å². The second kappa shape index (κ2) is 4.35. The first-order chi connectivity index (χ1) is 6.86. The quantitative estimate of drug-likeness (QED) is 0.896. The maximum atomic E-state index is 11.1. The average molecular weight is 271 g/mol. The topological polar surface area (TPSA) is 37.3 Å². The molecule has 0 atom stereocenters. The minimum Gasteiger partial charge on any atom is -0.506 e. The molecule has 1 rings (SSSR count). The van der Waals surface area contributed by atoms with Crippen LogP contribution in [0.1, 0.15) is 29.2 Å². The molecule has 1 aromatic rings. The van der Waals surface area contributed by atoms with E-state index >= 15 is 0 Å². The second-order valence-corrected chi connectivity index (χ2v) is 4.69. The summed E-state index contributed by atoms with van der Waals surface area (Å²) in [5, 5.41) is 9.79. The Kier molecular flexibility index (Phi) is 3.55. The summed E-state index contributed by atoms with van der Waals surface area (Å²) in [5.74, 6) is 0.412. The molecule has 15 heavy (non-hydrogen) atoms. The maximum absolute atomic E-state index is 11.1. The van der Waals surface area contributed by atoms with Gasteiger partial charge in [0.2, 0.25) is 0 Å². The maximum Gasteiger partial charge on any atom is 0.134 e. The van der Waals surface area contributed by atoms with Crippen LogP contribution in [0.15, 0.2) is 4.47 Å². The van der Waals surface area contributed by atoms with Crippen LogP contribution in [0.25, 0.3) is 0 Å². The summed E-state index contributed by atoms with van der Waals surface area (Å²) < 4.78 is 0.696. The number of carbonyl (C=O) groups is 1. The van der Waals surface area contributed by atoms with Crippen molar-refractivity contribution in [1.29, 1.82) is 0 Å². The molecule has 1 N–H and O–H groups in total. The minimum atomic E-state index is 0.137. The Labute approximate surface area is 98.4 Å². The van der Waals surface area contributed by atoms with E-state index in [1.165, 1.54) is 0 Å². The predicted octanol–water partition coefficient (Wildman–Crippen LogP) is 3.21. The summed E-state index contributed by atoms with van der Waals surface area (Å²) in [5.41, 5.74) is 3.81. The van der Waals surface area contributed by atoms with Crippen LogP contribution >= 0.6 is 15.9 Å². The number of rotatable bonds is 2. The van der Waals surface area contributed by atoms with Crippen molar-refractivity contribution in [2.45, 2.75) is 34.1 Å². The molecule has 0 saturated carbocycles. The van der Waals surface area contributed by atoms with Crippen molar-refractivity contribution < 1.29 is 9.90 Å². The van der Waals surface area contributed by atoms with Gasteiger partial charge >= 0.3 is 0 Å². The smallest absolute Gasteiger partial charge is 0.134 e. The highest BCUT2D eigenvalue weighted by Gasteiger charge is 2.15. The van der Waals surface area contributed by atoms with Gasteiger partial charge in [0, 0.05) is 6.42 Å². The fraction of sp³-hybridized carbons (Fsp3) is 0.417. The third-order valence-electron chi connectivity index (χ3n) is 2.79. The molecule has 0 bridgehead atoms. The fourth-order valence-electron chi connectivity index (χ4n) is 1.67. The monoisotopic (exact) mass is 270 g/mol. The van der Waals surface area contributed by atoms with Gasteiger partial charge in [-0.3, -0.25) is 4.79 Å². The van der Waals surface area contributed by atoms with Crippen LogP contribution in [0.4, 0.5) is 0 Å². The molecule has 3 heteroatoms. The first kappa shape index (κ1) is 12.2. The second-order valence-electron chi connectivity index (χ2n) is 3.89. The number of hydrogen-bond acceptors (Lipinski definition) is 2. The number of hydrogen-bond donors (Lipinski definition) is 1. The molecule has 0 aliphatic carbocycles. The molecule has 0 spiro atoms. The van der Waals surface area contributed by atoms with Crippen molar-refractivity contribution in [1.82, 2.24) is 0 Å². The number of phenolic OH excluding ortho intramolecular Hbond substituents is 1. The lowest BCUT2D eigenvalue weighted by atomic mass is 9.94. The zero-order valence-electron chi connectivity index (χ0n) is 9.44. The number of carbonyl (C=O) groups excluding carboxylic acids is 1. The molecule has 0 heterocycles. The molecule has 0 radical (unpaired) electrons. The Morgan fingerprint density at radius 3 is 2.20 bits per heavy atom. The van der Waals surface area contributed by atoms with Gasteiger partial charge in [-0.15, -0.1) is 0 Å². The minimum absolute atomic E-state index is 0.137. The molecular formula is C12H15BrO2. The molecule has 1 aromatic carbocycles. The zero-order chi connectivity index (χ0) is 11.7. The number of Topliss-reactive ketones (excluding diaryl/α,β-unsaturated/α-hetero) is 1. The molecule has 82 valence electrons. The molecule has 0 fully saturated rings. The largest absolute Gasteiger partial charge is 0.506 e. The van der Waals surface area contributed by atoms with Gasteiger partial charge in [0.1, 0.15) is 11.5 Å². The van der Waals surface area contributed by atoms with Gasteiger partial charge in [0.25, 0.3) is 0 Å². The van der Waals surface area contributed by atoms with Gasteiger partial charge in [-0.05, 0) is 65.9 Å². The highest BCUT2D eigenvalue weighted by molar-refractivity contribution is 9.10. The molecule has 0 saturated heterocycles. The van der Waals surface area contributed by atoms with Gasteiger partial charge < -0.3 is 5.11 Å². The fourth-order valence-corrected chi connectivity index (χ4v) is 2.21. The Morgan fingerprint density at radius 2 is 1.73 bits per heavy atom. The average Bonchev–Trinajstić information content (AvgIpc) is 2.18. The van der Waals surface area contributed by atoms with E-state index in [-0.39, 0.29) is 11.5 Å². The molecule has 0 aliphatic rings. The third-order valence-corrected chi connectivity index (χ3v) is 3.76. The van der Waals surface area contributed by atoms with Crippen LogP contribution < -0.4 is 0 Å². The van der Waals surface area contributed by atoms with Crippen molar-refractivity contribution in [2.75, 3.05) is 0 Å². The molecule has 0 amide bonds. The lowest BCUT2D eigenvalue weighted by Gasteiger charge is -2.15. The third kappa shape index (κ3) is 2.23. The van der Waals surface area contributed by atoms with E-state index in [9.17, 15) is 9.90 Å². The van der Waals surface area contributed by atoms with Crippen molar-refractivity contribution in [3.8, 4) is 5.75 Å². The predicted molar refractivity (Wildman–Crippen MR) is 64.4 cm³/mol. The Bertz CT molecular complexity index is 393. The number of benzene rings is 1.